The van der Waals surface area contributed by atoms with E-state index in [9.17, 15) is 4.79 Å². The number of esters is 1. The lowest BCUT2D eigenvalue weighted by Gasteiger charge is -2.24. The van der Waals surface area contributed by atoms with Crippen molar-refractivity contribution in [3.63, 3.8) is 0 Å². The maximum atomic E-state index is 11.6. The van der Waals surface area contributed by atoms with Crippen molar-refractivity contribution in [2.75, 3.05) is 6.61 Å². The van der Waals surface area contributed by atoms with E-state index in [1.807, 2.05) is 12.1 Å². The van der Waals surface area contributed by atoms with Crippen LogP contribution >= 0.6 is 34.8 Å². The van der Waals surface area contributed by atoms with Crippen molar-refractivity contribution in [2.24, 2.45) is 0 Å². The first-order valence-corrected chi connectivity index (χ1v) is 9.00. The highest BCUT2D eigenvalue weighted by Gasteiger charge is 2.23. The Hall–Kier alpha value is -0.440. The highest BCUT2D eigenvalue weighted by Crippen LogP contribution is 2.40. The molecule has 1 aliphatic rings. The summed E-state index contributed by atoms with van der Waals surface area (Å²) in [5.74, 6) is 0.0347. The number of alkyl halides is 1. The Bertz CT molecular complexity index is 502. The van der Waals surface area contributed by atoms with Crippen molar-refractivity contribution in [3.8, 4) is 0 Å². The van der Waals surface area contributed by atoms with E-state index in [1.165, 1.54) is 19.3 Å². The van der Waals surface area contributed by atoms with Crippen LogP contribution in [0.25, 0.3) is 0 Å². The van der Waals surface area contributed by atoms with Gasteiger partial charge in [-0.1, -0.05) is 42.5 Å². The first-order chi connectivity index (χ1) is 10.5. The fraction of sp³-hybridized carbons (Fsp3) is 0.588. The van der Waals surface area contributed by atoms with Crippen molar-refractivity contribution in [3.05, 3.63) is 33.3 Å². The lowest BCUT2D eigenvalue weighted by Crippen LogP contribution is -2.20. The van der Waals surface area contributed by atoms with Crippen LogP contribution in [0.1, 0.15) is 56.1 Å². The van der Waals surface area contributed by atoms with E-state index in [1.54, 1.807) is 6.92 Å². The van der Waals surface area contributed by atoms with Crippen LogP contribution in [0, 0.1) is 0 Å². The number of halogens is 3. The van der Waals surface area contributed by atoms with E-state index in [4.69, 9.17) is 39.5 Å². The number of rotatable bonds is 5. The summed E-state index contributed by atoms with van der Waals surface area (Å²) in [5.41, 5.74) is 1.91. The van der Waals surface area contributed by atoms with Gasteiger partial charge in [0.05, 0.1) is 6.61 Å². The van der Waals surface area contributed by atoms with Crippen LogP contribution in [0.15, 0.2) is 12.1 Å². The van der Waals surface area contributed by atoms with Gasteiger partial charge in [-0.2, -0.15) is 0 Å². The summed E-state index contributed by atoms with van der Waals surface area (Å²) in [6, 6.07) is 3.76. The van der Waals surface area contributed by atoms with Crippen molar-refractivity contribution in [1.82, 2.24) is 0 Å². The molecule has 122 valence electrons. The van der Waals surface area contributed by atoms with Gasteiger partial charge in [0.25, 0.3) is 0 Å². The summed E-state index contributed by atoms with van der Waals surface area (Å²) in [7, 11) is 0. The fourth-order valence-corrected chi connectivity index (χ4v) is 4.14. The molecule has 1 atom stereocenters. The molecule has 0 amide bonds. The molecule has 0 N–H and O–H groups in total. The molecule has 1 saturated carbocycles. The zero-order valence-corrected chi connectivity index (χ0v) is 15.0. The zero-order chi connectivity index (χ0) is 16.1. The molecule has 1 aromatic rings. The molecular weight excluding hydrogens is 343 g/mol. The third-order valence-corrected chi connectivity index (χ3v) is 5.07. The van der Waals surface area contributed by atoms with Crippen LogP contribution in [0.5, 0.6) is 0 Å². The van der Waals surface area contributed by atoms with Crippen LogP contribution in [-0.4, -0.2) is 18.0 Å². The third-order valence-electron chi connectivity index (χ3n) is 4.11. The highest BCUT2D eigenvalue weighted by atomic mass is 35.5. The molecular formula is C17H21Cl3O2. The predicted octanol–water partition coefficient (Wildman–Crippen LogP) is 5.75. The average molecular weight is 364 g/mol. The second-order valence-electron chi connectivity index (χ2n) is 5.73. The smallest absolute Gasteiger partial charge is 0.324 e. The maximum absolute atomic E-state index is 11.6. The van der Waals surface area contributed by atoms with Crippen molar-refractivity contribution in [1.29, 1.82) is 0 Å². The quantitative estimate of drug-likeness (QED) is 0.491. The summed E-state index contributed by atoms with van der Waals surface area (Å²) in [5, 5.41) is 0.650. The van der Waals surface area contributed by atoms with Crippen LogP contribution in [0.2, 0.25) is 10.0 Å². The molecule has 1 aliphatic carbocycles. The van der Waals surface area contributed by atoms with Gasteiger partial charge in [0.1, 0.15) is 5.38 Å². The molecule has 1 unspecified atom stereocenters. The molecule has 0 radical (unpaired) electrons. The summed E-state index contributed by atoms with van der Waals surface area (Å²) >= 11 is 19.0. The Morgan fingerprint density at radius 2 is 1.82 bits per heavy atom. The molecule has 0 aliphatic heterocycles. The Morgan fingerprint density at radius 1 is 1.23 bits per heavy atom. The summed E-state index contributed by atoms with van der Waals surface area (Å²) in [6.45, 7) is 2.08. The van der Waals surface area contributed by atoms with E-state index in [-0.39, 0.29) is 0 Å². The van der Waals surface area contributed by atoms with Crippen LogP contribution in [0.4, 0.5) is 0 Å². The number of hydrogen-bond acceptors (Lipinski definition) is 2. The Labute approximate surface area is 147 Å². The minimum atomic E-state index is -0.715. The standard InChI is InChI=1S/C17H21Cl3O2/c1-2-22-17(21)15(20)10-11-8-13(18)16(14(19)9-11)12-6-4-3-5-7-12/h8-9,12,15H,2-7,10H2,1H3. The van der Waals surface area contributed by atoms with Gasteiger partial charge in [0.2, 0.25) is 0 Å². The van der Waals surface area contributed by atoms with Gasteiger partial charge >= 0.3 is 5.97 Å². The normalized spacial score (nSPS) is 17.3. The van der Waals surface area contributed by atoms with Gasteiger partial charge in [0.15, 0.2) is 0 Å². The maximum Gasteiger partial charge on any atom is 0.324 e. The van der Waals surface area contributed by atoms with Gasteiger partial charge in [-0.15, -0.1) is 11.6 Å². The van der Waals surface area contributed by atoms with Crippen LogP contribution in [-0.2, 0) is 16.0 Å². The largest absolute Gasteiger partial charge is 0.465 e. The molecule has 5 heteroatoms. The third kappa shape index (κ3) is 4.53. The SMILES string of the molecule is CCOC(=O)C(Cl)Cc1cc(Cl)c(C2CCCCC2)c(Cl)c1. The predicted molar refractivity (Wildman–Crippen MR) is 92.3 cm³/mol. The van der Waals surface area contributed by atoms with Gasteiger partial charge in [-0.3, -0.25) is 4.79 Å². The molecule has 0 bridgehead atoms. The number of ether oxygens (including phenoxy) is 1. The summed E-state index contributed by atoms with van der Waals surface area (Å²) in [6.07, 6.45) is 6.39. The van der Waals surface area contributed by atoms with Gasteiger partial charge in [-0.05, 0) is 55.4 Å². The van der Waals surface area contributed by atoms with Gasteiger partial charge < -0.3 is 4.74 Å². The molecule has 1 fully saturated rings. The Balaban J connectivity index is 2.13. The van der Waals surface area contributed by atoms with Crippen LogP contribution < -0.4 is 0 Å². The molecule has 1 aromatic carbocycles. The second-order valence-corrected chi connectivity index (χ2v) is 7.07. The lowest BCUT2D eigenvalue weighted by atomic mass is 9.83. The van der Waals surface area contributed by atoms with E-state index in [0.29, 0.717) is 29.0 Å². The van der Waals surface area contributed by atoms with Crippen LogP contribution in [0.3, 0.4) is 0 Å². The molecule has 0 saturated heterocycles. The van der Waals surface area contributed by atoms with Crippen molar-refractivity contribution >= 4 is 40.8 Å². The summed E-state index contributed by atoms with van der Waals surface area (Å²) < 4.78 is 4.92. The van der Waals surface area contributed by atoms with E-state index < -0.39 is 11.3 Å². The summed E-state index contributed by atoms with van der Waals surface area (Å²) in [4.78, 5) is 11.6. The van der Waals surface area contributed by atoms with Crippen molar-refractivity contribution in [2.45, 2.75) is 56.7 Å². The number of carbonyl (C=O) groups is 1. The minimum Gasteiger partial charge on any atom is -0.465 e. The minimum absolute atomic E-state index is 0.324. The first-order valence-electron chi connectivity index (χ1n) is 7.81. The lowest BCUT2D eigenvalue weighted by molar-refractivity contribution is -0.142. The Morgan fingerprint density at radius 3 is 2.36 bits per heavy atom. The van der Waals surface area contributed by atoms with Gasteiger partial charge in [0, 0.05) is 10.0 Å². The van der Waals surface area contributed by atoms with E-state index >= 15 is 0 Å². The Kier molecular flexibility index (Phi) is 6.86. The number of benzene rings is 1. The molecule has 2 rings (SSSR count). The van der Waals surface area contributed by atoms with Crippen molar-refractivity contribution < 1.29 is 9.53 Å². The second kappa shape index (κ2) is 8.42. The number of hydrogen-bond donors (Lipinski definition) is 0. The monoisotopic (exact) mass is 362 g/mol. The average Bonchev–Trinajstić information content (AvgIpc) is 2.47. The van der Waals surface area contributed by atoms with E-state index in [0.717, 1.165) is 24.0 Å². The highest BCUT2D eigenvalue weighted by molar-refractivity contribution is 6.36. The molecule has 0 heterocycles. The van der Waals surface area contributed by atoms with E-state index in [2.05, 4.69) is 0 Å². The van der Waals surface area contributed by atoms with Gasteiger partial charge in [-0.25, -0.2) is 0 Å². The first kappa shape index (κ1) is 17.9. The molecule has 2 nitrogen and oxygen atoms in total. The molecule has 0 spiro atoms. The molecule has 22 heavy (non-hydrogen) atoms. The number of carbonyl (C=O) groups excluding carboxylic acids is 1. The topological polar surface area (TPSA) is 26.3 Å². The zero-order valence-electron chi connectivity index (χ0n) is 12.7. The fourth-order valence-electron chi connectivity index (χ4n) is 3.06. The molecule has 0 aromatic heterocycles.